The fourth-order valence-electron chi connectivity index (χ4n) is 12.8. The van der Waals surface area contributed by atoms with Gasteiger partial charge in [-0.1, -0.05) is 424 Å². The molecule has 0 aliphatic heterocycles. The molecule has 0 rings (SSSR count). The Labute approximate surface area is 552 Å². The van der Waals surface area contributed by atoms with Gasteiger partial charge in [-0.25, -0.2) is 0 Å². The Morgan fingerprint density at radius 3 is 0.852 bits per heavy atom. The number of hydrogen-bond acceptors (Lipinski definition) is 6. The zero-order chi connectivity index (χ0) is 64.1. The third-order valence-corrected chi connectivity index (χ3v) is 20.0. The van der Waals surface area contributed by atoms with Crippen molar-refractivity contribution in [3.8, 4) is 0 Å². The molecule has 526 valence electrons. The van der Waals surface area contributed by atoms with Crippen molar-refractivity contribution >= 4 is 13.7 Å². The molecule has 8 nitrogen and oxygen atoms in total. The van der Waals surface area contributed by atoms with E-state index in [0.29, 0.717) is 17.4 Å². The molecule has 0 radical (unpaired) electrons. The third kappa shape index (κ3) is 72.7. The van der Waals surface area contributed by atoms with Crippen LogP contribution in [0.2, 0.25) is 0 Å². The molecule has 0 bridgehead atoms. The number of allylic oxidation sites excluding steroid dienone is 1. The maximum Gasteiger partial charge on any atom is 0.268 e. The van der Waals surface area contributed by atoms with E-state index in [1.807, 2.05) is 27.2 Å². The molecule has 2 N–H and O–H groups in total. The summed E-state index contributed by atoms with van der Waals surface area (Å²) in [6.45, 7) is 4.73. The lowest BCUT2D eigenvalue weighted by Gasteiger charge is -2.29. The molecule has 0 spiro atoms. The third-order valence-electron chi connectivity index (χ3n) is 19.0. The summed E-state index contributed by atoms with van der Waals surface area (Å²) in [5.74, 6) is -0.186. The molecule has 0 heterocycles. The van der Waals surface area contributed by atoms with Crippen LogP contribution in [0.25, 0.3) is 0 Å². The van der Waals surface area contributed by atoms with Gasteiger partial charge in [-0.05, 0) is 19.3 Å². The Kier molecular flexibility index (Phi) is 69.9. The van der Waals surface area contributed by atoms with E-state index in [9.17, 15) is 19.4 Å². The average Bonchev–Trinajstić information content (AvgIpc) is 3.58. The van der Waals surface area contributed by atoms with Gasteiger partial charge in [-0.15, -0.1) is 0 Å². The summed E-state index contributed by atoms with van der Waals surface area (Å²) in [7, 11) is 1.29. The van der Waals surface area contributed by atoms with Crippen molar-refractivity contribution in [2.24, 2.45) is 0 Å². The van der Waals surface area contributed by atoms with Crippen LogP contribution in [0.3, 0.4) is 0 Å². The predicted molar refractivity (Wildman–Crippen MR) is 386 cm³/mol. The first-order chi connectivity index (χ1) is 43.0. The number of likely N-dealkylation sites (N-methyl/N-ethyl adjacent to an activating group) is 1. The first-order valence-electron chi connectivity index (χ1n) is 40.1. The van der Waals surface area contributed by atoms with E-state index in [1.54, 1.807) is 6.08 Å². The lowest BCUT2D eigenvalue weighted by atomic mass is 10.0. The second-order valence-electron chi connectivity index (χ2n) is 29.1. The van der Waals surface area contributed by atoms with E-state index in [4.69, 9.17) is 9.05 Å². The molecule has 0 saturated carbocycles. The molecular formula is C79H159N2O6P. The molecule has 0 aromatic carbocycles. The zero-order valence-corrected chi connectivity index (χ0v) is 61.4. The van der Waals surface area contributed by atoms with Gasteiger partial charge in [0.25, 0.3) is 7.82 Å². The first kappa shape index (κ1) is 87.2. The number of phosphoric ester groups is 1. The summed E-state index contributed by atoms with van der Waals surface area (Å²) >= 11 is 0. The van der Waals surface area contributed by atoms with Gasteiger partial charge < -0.3 is 28.8 Å². The zero-order valence-electron chi connectivity index (χ0n) is 60.5. The van der Waals surface area contributed by atoms with Crippen LogP contribution in [-0.4, -0.2) is 68.5 Å². The quantitative estimate of drug-likeness (QED) is 0.0272. The molecule has 9 heteroatoms. The number of quaternary nitrogens is 1. The van der Waals surface area contributed by atoms with Crippen molar-refractivity contribution in [2.45, 2.75) is 450 Å². The maximum atomic E-state index is 13.1. The number of amides is 1. The summed E-state index contributed by atoms with van der Waals surface area (Å²) < 4.78 is 23.5. The van der Waals surface area contributed by atoms with Crippen LogP contribution in [0.5, 0.6) is 0 Å². The monoisotopic (exact) mass is 1260 g/mol. The highest BCUT2D eigenvalue weighted by Crippen LogP contribution is 2.38. The predicted octanol–water partition coefficient (Wildman–Crippen LogP) is 25.4. The fraction of sp³-hybridized carbons (Fsp3) is 0.962. The molecule has 3 unspecified atom stereocenters. The lowest BCUT2D eigenvalue weighted by Crippen LogP contribution is -2.45. The number of aliphatic hydroxyl groups is 1. The largest absolute Gasteiger partial charge is 0.756 e. The van der Waals surface area contributed by atoms with Crippen LogP contribution >= 0.6 is 7.82 Å². The number of carbonyl (C=O) groups excluding carboxylic acids is 1. The molecule has 1 amide bonds. The van der Waals surface area contributed by atoms with Crippen LogP contribution in [0, 0.1) is 0 Å². The van der Waals surface area contributed by atoms with Crippen LogP contribution in [0.15, 0.2) is 12.2 Å². The van der Waals surface area contributed by atoms with Gasteiger partial charge in [-0.3, -0.25) is 9.36 Å². The number of nitrogens with one attached hydrogen (secondary N) is 1. The number of phosphoric acid groups is 1. The second kappa shape index (κ2) is 70.6. The summed E-state index contributed by atoms with van der Waals surface area (Å²) in [5.41, 5.74) is 0. The molecule has 0 aromatic rings. The summed E-state index contributed by atoms with van der Waals surface area (Å²) in [5, 5.41) is 14.0. The minimum Gasteiger partial charge on any atom is -0.756 e. The van der Waals surface area contributed by atoms with Crippen molar-refractivity contribution in [3.05, 3.63) is 12.2 Å². The fourth-order valence-corrected chi connectivity index (χ4v) is 13.5. The summed E-state index contributed by atoms with van der Waals surface area (Å²) in [4.78, 5) is 25.7. The van der Waals surface area contributed by atoms with E-state index >= 15 is 0 Å². The van der Waals surface area contributed by atoms with Crippen molar-refractivity contribution < 1.29 is 32.9 Å². The van der Waals surface area contributed by atoms with Gasteiger partial charge in [0.2, 0.25) is 5.91 Å². The van der Waals surface area contributed by atoms with Crippen LogP contribution < -0.4 is 10.2 Å². The molecule has 0 aliphatic carbocycles. The van der Waals surface area contributed by atoms with Crippen LogP contribution in [0.4, 0.5) is 0 Å². The Balaban J connectivity index is 3.90. The Morgan fingerprint density at radius 1 is 0.386 bits per heavy atom. The molecule has 0 saturated heterocycles. The maximum absolute atomic E-state index is 13.1. The van der Waals surface area contributed by atoms with E-state index in [0.717, 1.165) is 38.5 Å². The molecule has 0 fully saturated rings. The lowest BCUT2D eigenvalue weighted by molar-refractivity contribution is -0.870. The first-order valence-corrected chi connectivity index (χ1v) is 41.5. The van der Waals surface area contributed by atoms with Gasteiger partial charge in [-0.2, -0.15) is 0 Å². The van der Waals surface area contributed by atoms with Gasteiger partial charge >= 0.3 is 0 Å². The highest BCUT2D eigenvalue weighted by atomic mass is 31.2. The SMILES string of the molecule is CCCCCCCCCCCCCCCCCCCCCCCCCCC/C=C/C(O)C(COP(=O)([O-])OCC[N+](C)(C)C)NC(=O)CCCCCCCCCCCCCCCCCCCCCCCCCCCCCCCCCCCCCCCCC. The number of nitrogens with zero attached hydrogens (tertiary/aromatic N) is 1. The van der Waals surface area contributed by atoms with E-state index in [-0.39, 0.29) is 19.1 Å². The number of unbranched alkanes of at least 4 members (excludes halogenated alkanes) is 63. The number of aliphatic hydroxyl groups excluding tert-OH is 1. The minimum absolute atomic E-state index is 0.00314. The molecule has 0 aromatic heterocycles. The normalized spacial score (nSPS) is 13.5. The average molecular weight is 1260 g/mol. The Hall–Kier alpha value is -0.760. The summed E-state index contributed by atoms with van der Waals surface area (Å²) in [6, 6.07) is -0.884. The minimum atomic E-state index is -4.60. The summed E-state index contributed by atoms with van der Waals surface area (Å²) in [6.07, 6.45) is 92.5. The van der Waals surface area contributed by atoms with Crippen molar-refractivity contribution in [1.82, 2.24) is 5.32 Å². The van der Waals surface area contributed by atoms with E-state index in [1.165, 1.54) is 379 Å². The van der Waals surface area contributed by atoms with Crippen molar-refractivity contribution in [3.63, 3.8) is 0 Å². The van der Waals surface area contributed by atoms with Crippen LogP contribution in [0.1, 0.15) is 438 Å². The van der Waals surface area contributed by atoms with Gasteiger partial charge in [0, 0.05) is 6.42 Å². The van der Waals surface area contributed by atoms with E-state index < -0.39 is 20.0 Å². The number of carbonyl (C=O) groups is 1. The molecule has 88 heavy (non-hydrogen) atoms. The van der Waals surface area contributed by atoms with Crippen molar-refractivity contribution in [2.75, 3.05) is 40.9 Å². The van der Waals surface area contributed by atoms with Crippen molar-refractivity contribution in [1.29, 1.82) is 0 Å². The van der Waals surface area contributed by atoms with Gasteiger partial charge in [0.15, 0.2) is 0 Å². The Bertz CT molecular complexity index is 1440. The highest BCUT2D eigenvalue weighted by molar-refractivity contribution is 7.45. The Morgan fingerprint density at radius 2 is 0.614 bits per heavy atom. The molecule has 3 atom stereocenters. The number of rotatable bonds is 76. The smallest absolute Gasteiger partial charge is 0.268 e. The highest BCUT2D eigenvalue weighted by Gasteiger charge is 2.23. The van der Waals surface area contributed by atoms with Gasteiger partial charge in [0.05, 0.1) is 39.9 Å². The second-order valence-corrected chi connectivity index (χ2v) is 30.6. The standard InChI is InChI=1S/C79H159N2O6P/c1-6-8-10-12-14-16-18-20-22-24-26-28-30-32-34-35-36-37-38-39-40-41-42-43-44-45-47-49-51-53-55-57-59-61-63-65-67-69-71-73-79(83)80-77(76-87-88(84,85)86-75-74-81(3,4)5)78(82)72-70-68-66-64-62-60-58-56-54-52-50-48-46-33-31-29-27-25-23-21-19-17-15-13-11-9-7-2/h70,72,77-78,82H,6-69,71,73-76H2,1-5H3,(H-,80,83,84,85)/b72-70+. The topological polar surface area (TPSA) is 108 Å². The van der Waals surface area contributed by atoms with Gasteiger partial charge in [0.1, 0.15) is 13.2 Å². The van der Waals surface area contributed by atoms with E-state index in [2.05, 4.69) is 19.2 Å². The molecule has 0 aliphatic rings. The van der Waals surface area contributed by atoms with Crippen LogP contribution in [-0.2, 0) is 18.4 Å². The number of hydrogen-bond donors (Lipinski definition) is 2. The molecular weight excluding hydrogens is 1100 g/mol.